The summed E-state index contributed by atoms with van der Waals surface area (Å²) < 4.78 is 36.5. The van der Waals surface area contributed by atoms with Crippen LogP contribution in [0.1, 0.15) is 0 Å². The van der Waals surface area contributed by atoms with Crippen LogP contribution in [0.25, 0.3) is 0 Å². The highest BCUT2D eigenvalue weighted by Crippen LogP contribution is 2.35. The Balaban J connectivity index is 1.84. The second-order valence-corrected chi connectivity index (χ2v) is 9.79. The lowest BCUT2D eigenvalue weighted by Gasteiger charge is -2.24. The Kier molecular flexibility index (Phi) is 7.66. The summed E-state index contributed by atoms with van der Waals surface area (Å²) in [5.41, 5.74) is 0.847. The number of rotatable bonds is 9. The van der Waals surface area contributed by atoms with Crippen LogP contribution in [-0.4, -0.2) is 41.3 Å². The van der Waals surface area contributed by atoms with Gasteiger partial charge >= 0.3 is 0 Å². The number of nitrogens with one attached hydrogen (secondary N) is 1. The summed E-state index contributed by atoms with van der Waals surface area (Å²) in [4.78, 5) is 14.7. The summed E-state index contributed by atoms with van der Waals surface area (Å²) in [6.45, 7) is -0.411. The van der Waals surface area contributed by atoms with E-state index in [1.165, 1.54) is 26.0 Å². The molecule has 3 aromatic carbocycles. The van der Waals surface area contributed by atoms with Crippen LogP contribution in [0.2, 0.25) is 0 Å². The van der Waals surface area contributed by atoms with Crippen molar-refractivity contribution in [1.82, 2.24) is 0 Å². The summed E-state index contributed by atoms with van der Waals surface area (Å²) in [5.74, 6) is 0.312. The molecule has 0 radical (unpaired) electrons. The van der Waals surface area contributed by atoms with E-state index in [0.29, 0.717) is 11.4 Å². The zero-order valence-corrected chi connectivity index (χ0v) is 19.6. The van der Waals surface area contributed by atoms with E-state index >= 15 is 0 Å². The zero-order chi connectivity index (χ0) is 23.1. The number of nitrogens with zero attached hydrogens (tertiary/aromatic N) is 1. The Morgan fingerprint density at radius 1 is 0.969 bits per heavy atom. The molecule has 0 saturated heterocycles. The smallest absolute Gasteiger partial charge is 0.245 e. The van der Waals surface area contributed by atoms with E-state index in [-0.39, 0.29) is 11.4 Å². The summed E-state index contributed by atoms with van der Waals surface area (Å²) in [5, 5.41) is 2.83. The second kappa shape index (κ2) is 10.4. The molecule has 0 aliphatic heterocycles. The van der Waals surface area contributed by atoms with E-state index in [0.717, 1.165) is 20.4 Å². The highest BCUT2D eigenvalue weighted by atomic mass is 32.2. The summed E-state index contributed by atoms with van der Waals surface area (Å²) in [6.07, 6.45) is 1.04. The van der Waals surface area contributed by atoms with Gasteiger partial charge in [-0.25, -0.2) is 8.42 Å². The van der Waals surface area contributed by atoms with E-state index < -0.39 is 22.5 Å². The first-order chi connectivity index (χ1) is 15.3. The van der Waals surface area contributed by atoms with Crippen molar-refractivity contribution in [1.29, 1.82) is 0 Å². The Morgan fingerprint density at radius 2 is 1.66 bits per heavy atom. The normalized spacial score (nSPS) is 11.0. The molecule has 0 fully saturated rings. The molecule has 1 amide bonds. The number of methoxy groups -OCH3 is 2. The molecule has 0 bridgehead atoms. The minimum Gasteiger partial charge on any atom is -0.497 e. The van der Waals surface area contributed by atoms with E-state index in [1.807, 2.05) is 48.5 Å². The lowest BCUT2D eigenvalue weighted by Crippen LogP contribution is -2.37. The molecular formula is C23H24N2O5S2. The van der Waals surface area contributed by atoms with E-state index in [1.54, 1.807) is 24.3 Å². The Bertz CT molecular complexity index is 1180. The first-order valence-electron chi connectivity index (χ1n) is 9.63. The van der Waals surface area contributed by atoms with Crippen LogP contribution in [0.4, 0.5) is 11.4 Å². The molecule has 3 aromatic rings. The Hall–Kier alpha value is -3.17. The van der Waals surface area contributed by atoms with Crippen molar-refractivity contribution in [3.05, 3.63) is 72.8 Å². The number of anilines is 2. The standard InChI is InChI=1S/C23H24N2O5S2/c1-29-17-13-14-20(21(15-17)30-2)25(32(3,27)28)16-23(26)24-19-11-7-8-12-22(19)31-18-9-5-4-6-10-18/h4-15H,16H2,1-3H3,(H,24,26). The molecule has 0 heterocycles. The predicted molar refractivity (Wildman–Crippen MR) is 127 cm³/mol. The summed E-state index contributed by atoms with van der Waals surface area (Å²) in [6, 6.07) is 21.9. The minimum atomic E-state index is -3.77. The van der Waals surface area contributed by atoms with Gasteiger partial charge in [0.2, 0.25) is 15.9 Å². The fourth-order valence-electron chi connectivity index (χ4n) is 2.97. The van der Waals surface area contributed by atoms with E-state index in [4.69, 9.17) is 9.47 Å². The second-order valence-electron chi connectivity index (χ2n) is 6.77. The molecule has 3 rings (SSSR count). The van der Waals surface area contributed by atoms with Gasteiger partial charge in [0, 0.05) is 15.9 Å². The van der Waals surface area contributed by atoms with Crippen LogP contribution in [-0.2, 0) is 14.8 Å². The fraction of sp³-hybridized carbons (Fsp3) is 0.174. The molecule has 0 aromatic heterocycles. The molecule has 9 heteroatoms. The van der Waals surface area contributed by atoms with Crippen LogP contribution < -0.4 is 19.1 Å². The monoisotopic (exact) mass is 472 g/mol. The molecule has 32 heavy (non-hydrogen) atoms. The highest BCUT2D eigenvalue weighted by Gasteiger charge is 2.24. The number of carbonyl (C=O) groups is 1. The summed E-state index contributed by atoms with van der Waals surface area (Å²) in [7, 11) is -0.842. The number of carbonyl (C=O) groups excluding carboxylic acids is 1. The van der Waals surface area contributed by atoms with Gasteiger partial charge in [-0.1, -0.05) is 42.1 Å². The van der Waals surface area contributed by atoms with Crippen molar-refractivity contribution in [2.45, 2.75) is 9.79 Å². The van der Waals surface area contributed by atoms with Gasteiger partial charge in [0.25, 0.3) is 0 Å². The quantitative estimate of drug-likeness (QED) is 0.501. The number of hydrogen-bond donors (Lipinski definition) is 1. The van der Waals surface area contributed by atoms with Gasteiger partial charge < -0.3 is 14.8 Å². The van der Waals surface area contributed by atoms with Gasteiger partial charge in [-0.05, 0) is 36.4 Å². The minimum absolute atomic E-state index is 0.248. The van der Waals surface area contributed by atoms with Crippen LogP contribution in [0.15, 0.2) is 82.6 Å². The fourth-order valence-corrected chi connectivity index (χ4v) is 4.75. The van der Waals surface area contributed by atoms with Gasteiger partial charge in [-0.15, -0.1) is 0 Å². The first-order valence-corrected chi connectivity index (χ1v) is 12.3. The topological polar surface area (TPSA) is 84.9 Å². The molecular weight excluding hydrogens is 448 g/mol. The number of sulfonamides is 1. The average molecular weight is 473 g/mol. The van der Waals surface area contributed by atoms with Crippen molar-refractivity contribution >= 4 is 39.1 Å². The number of hydrogen-bond acceptors (Lipinski definition) is 6. The third-order valence-corrected chi connectivity index (χ3v) is 6.69. The average Bonchev–Trinajstić information content (AvgIpc) is 2.78. The molecule has 0 atom stereocenters. The van der Waals surface area contributed by atoms with Gasteiger partial charge in [0.15, 0.2) is 0 Å². The van der Waals surface area contributed by atoms with E-state index in [9.17, 15) is 13.2 Å². The number of ether oxygens (including phenoxy) is 2. The third kappa shape index (κ3) is 5.95. The SMILES string of the molecule is COc1ccc(N(CC(=O)Nc2ccccc2Sc2ccccc2)S(C)(=O)=O)c(OC)c1. The zero-order valence-electron chi connectivity index (χ0n) is 17.9. The van der Waals surface area contributed by atoms with Crippen molar-refractivity contribution in [2.75, 3.05) is 36.6 Å². The van der Waals surface area contributed by atoms with Crippen LogP contribution in [0.5, 0.6) is 11.5 Å². The van der Waals surface area contributed by atoms with Crippen molar-refractivity contribution in [3.8, 4) is 11.5 Å². The number of para-hydroxylation sites is 1. The summed E-state index contributed by atoms with van der Waals surface area (Å²) >= 11 is 1.51. The van der Waals surface area contributed by atoms with Crippen LogP contribution in [0, 0.1) is 0 Å². The van der Waals surface area contributed by atoms with Gasteiger partial charge in [0.05, 0.1) is 31.9 Å². The van der Waals surface area contributed by atoms with Gasteiger partial charge in [0.1, 0.15) is 18.0 Å². The van der Waals surface area contributed by atoms with Gasteiger partial charge in [-0.2, -0.15) is 0 Å². The third-order valence-electron chi connectivity index (χ3n) is 4.48. The molecule has 0 aliphatic rings. The Labute approximate surface area is 192 Å². The predicted octanol–water partition coefficient (Wildman–Crippen LogP) is 4.26. The lowest BCUT2D eigenvalue weighted by atomic mass is 10.2. The molecule has 7 nitrogen and oxygen atoms in total. The van der Waals surface area contributed by atoms with Crippen molar-refractivity contribution in [2.24, 2.45) is 0 Å². The maximum atomic E-state index is 12.9. The van der Waals surface area contributed by atoms with Crippen molar-refractivity contribution < 1.29 is 22.7 Å². The molecule has 1 N–H and O–H groups in total. The Morgan fingerprint density at radius 3 is 2.31 bits per heavy atom. The lowest BCUT2D eigenvalue weighted by molar-refractivity contribution is -0.114. The molecule has 168 valence electrons. The van der Waals surface area contributed by atoms with Gasteiger partial charge in [-0.3, -0.25) is 9.10 Å². The van der Waals surface area contributed by atoms with Crippen LogP contribution >= 0.6 is 11.8 Å². The van der Waals surface area contributed by atoms with Crippen LogP contribution in [0.3, 0.4) is 0 Å². The molecule has 0 aliphatic carbocycles. The van der Waals surface area contributed by atoms with Crippen molar-refractivity contribution in [3.63, 3.8) is 0 Å². The highest BCUT2D eigenvalue weighted by molar-refractivity contribution is 7.99. The maximum absolute atomic E-state index is 12.9. The first kappa shape index (κ1) is 23.5. The number of benzene rings is 3. The molecule has 0 unspecified atom stereocenters. The largest absolute Gasteiger partial charge is 0.497 e. The maximum Gasteiger partial charge on any atom is 0.245 e. The number of amides is 1. The molecule has 0 spiro atoms. The van der Waals surface area contributed by atoms with E-state index in [2.05, 4.69) is 5.32 Å². The molecule has 0 saturated carbocycles.